The van der Waals surface area contributed by atoms with Crippen LogP contribution in [0.2, 0.25) is 0 Å². The molecule has 0 aliphatic carbocycles. The van der Waals surface area contributed by atoms with Crippen LogP contribution in [0.3, 0.4) is 0 Å². The first-order valence-electron chi connectivity index (χ1n) is 7.69. The van der Waals surface area contributed by atoms with Gasteiger partial charge in [0.1, 0.15) is 11.6 Å². The largest absolute Gasteiger partial charge is 0.423 e. The summed E-state index contributed by atoms with van der Waals surface area (Å²) in [5, 5.41) is 8.76. The highest BCUT2D eigenvalue weighted by atomic mass is 19.1. The highest BCUT2D eigenvalue weighted by Gasteiger charge is 2.11. The molecule has 0 saturated heterocycles. The fourth-order valence-electron chi connectivity index (χ4n) is 2.29. The van der Waals surface area contributed by atoms with E-state index in [4.69, 9.17) is 10.00 Å². The average molecular weight is 345 g/mol. The Morgan fingerprint density at radius 2 is 1.27 bits per heavy atom. The van der Waals surface area contributed by atoms with Crippen molar-refractivity contribution in [2.24, 2.45) is 0 Å². The Hall–Kier alpha value is -3.78. The summed E-state index contributed by atoms with van der Waals surface area (Å²) in [6, 6.07) is 19.4. The minimum Gasteiger partial charge on any atom is -0.423 e. The number of benzene rings is 3. The molecule has 0 aliphatic heterocycles. The van der Waals surface area contributed by atoms with Crippen LogP contribution in [0.15, 0.2) is 72.8 Å². The Kier molecular flexibility index (Phi) is 4.86. The highest BCUT2D eigenvalue weighted by Crippen LogP contribution is 2.17. The van der Waals surface area contributed by atoms with Crippen LogP contribution in [0, 0.1) is 17.1 Å². The predicted octanol–water partition coefficient (Wildman–Crippen LogP) is 4.15. The third-order valence-electron chi connectivity index (χ3n) is 3.68. The fraction of sp³-hybridized carbons (Fsp3) is 0. The van der Waals surface area contributed by atoms with E-state index in [1.807, 2.05) is 6.07 Å². The van der Waals surface area contributed by atoms with E-state index < -0.39 is 11.8 Å². The molecule has 0 atom stereocenters. The number of ether oxygens (including phenoxy) is 1. The van der Waals surface area contributed by atoms with Crippen molar-refractivity contribution in [1.29, 1.82) is 5.26 Å². The number of halogens is 1. The highest BCUT2D eigenvalue weighted by molar-refractivity contribution is 6.09. The molecule has 126 valence electrons. The van der Waals surface area contributed by atoms with Crippen LogP contribution in [-0.4, -0.2) is 11.8 Å². The van der Waals surface area contributed by atoms with E-state index in [1.54, 1.807) is 0 Å². The van der Waals surface area contributed by atoms with Crippen LogP contribution in [0.1, 0.15) is 31.8 Å². The van der Waals surface area contributed by atoms with E-state index in [0.29, 0.717) is 22.3 Å². The lowest BCUT2D eigenvalue weighted by molar-refractivity contribution is 0.0734. The Bertz CT molecular complexity index is 985. The van der Waals surface area contributed by atoms with Gasteiger partial charge in [0.05, 0.1) is 17.2 Å². The molecule has 0 N–H and O–H groups in total. The van der Waals surface area contributed by atoms with Crippen molar-refractivity contribution in [2.45, 2.75) is 0 Å². The smallest absolute Gasteiger partial charge is 0.343 e. The molecule has 0 unspecified atom stereocenters. The topological polar surface area (TPSA) is 67.2 Å². The molecule has 3 aromatic carbocycles. The van der Waals surface area contributed by atoms with Gasteiger partial charge in [-0.25, -0.2) is 9.18 Å². The molecule has 0 saturated carbocycles. The molecule has 26 heavy (non-hydrogen) atoms. The Morgan fingerprint density at radius 3 is 1.81 bits per heavy atom. The van der Waals surface area contributed by atoms with E-state index in [9.17, 15) is 14.0 Å². The van der Waals surface area contributed by atoms with Crippen molar-refractivity contribution >= 4 is 11.8 Å². The minimum atomic E-state index is -0.563. The van der Waals surface area contributed by atoms with E-state index in [1.165, 1.54) is 72.8 Å². The molecule has 4 nitrogen and oxygen atoms in total. The molecule has 0 bridgehead atoms. The number of esters is 1. The zero-order valence-electron chi connectivity index (χ0n) is 13.5. The maximum absolute atomic E-state index is 12.9. The van der Waals surface area contributed by atoms with Crippen molar-refractivity contribution < 1.29 is 18.7 Å². The molecule has 0 aromatic heterocycles. The van der Waals surface area contributed by atoms with E-state index >= 15 is 0 Å². The lowest BCUT2D eigenvalue weighted by Crippen LogP contribution is -2.08. The predicted molar refractivity (Wildman–Crippen MR) is 92.4 cm³/mol. The van der Waals surface area contributed by atoms with Gasteiger partial charge in [0.25, 0.3) is 0 Å². The molecule has 0 radical (unpaired) electrons. The standard InChI is InChI=1S/C21H12FNO3/c22-18-9-5-15(6-10-18)20(24)16-7-11-19(12-8-16)26-21(25)17-3-1-14(13-23)2-4-17/h1-12H. The summed E-state index contributed by atoms with van der Waals surface area (Å²) < 4.78 is 18.2. The number of rotatable bonds is 4. The summed E-state index contributed by atoms with van der Waals surface area (Å²) in [7, 11) is 0. The first-order chi connectivity index (χ1) is 12.6. The van der Waals surface area contributed by atoms with Crippen LogP contribution in [0.25, 0.3) is 0 Å². The molecule has 0 amide bonds. The average Bonchev–Trinajstić information content (AvgIpc) is 2.68. The van der Waals surface area contributed by atoms with Crippen LogP contribution in [-0.2, 0) is 0 Å². The third-order valence-corrected chi connectivity index (χ3v) is 3.68. The number of hydrogen-bond donors (Lipinski definition) is 0. The fourth-order valence-corrected chi connectivity index (χ4v) is 2.29. The number of nitrogens with zero attached hydrogens (tertiary/aromatic N) is 1. The summed E-state index contributed by atoms with van der Waals surface area (Å²) >= 11 is 0. The van der Waals surface area contributed by atoms with Crippen molar-refractivity contribution in [1.82, 2.24) is 0 Å². The molecule has 3 rings (SSSR count). The molecule has 0 spiro atoms. The van der Waals surface area contributed by atoms with Crippen LogP contribution in [0.5, 0.6) is 5.75 Å². The second-order valence-electron chi connectivity index (χ2n) is 5.44. The number of nitriles is 1. The van der Waals surface area contributed by atoms with Gasteiger partial charge in [0.15, 0.2) is 5.78 Å². The number of hydrogen-bond acceptors (Lipinski definition) is 4. The Labute approximate surface area is 149 Å². The summed E-state index contributed by atoms with van der Waals surface area (Å²) in [6.07, 6.45) is 0. The van der Waals surface area contributed by atoms with Crippen molar-refractivity contribution in [2.75, 3.05) is 0 Å². The summed E-state index contributed by atoms with van der Waals surface area (Å²) in [5.41, 5.74) is 1.53. The Balaban J connectivity index is 1.70. The van der Waals surface area contributed by atoms with E-state index in [2.05, 4.69) is 0 Å². The summed E-state index contributed by atoms with van der Waals surface area (Å²) in [4.78, 5) is 24.4. The van der Waals surface area contributed by atoms with Gasteiger partial charge in [-0.05, 0) is 72.8 Å². The van der Waals surface area contributed by atoms with Gasteiger partial charge in [-0.1, -0.05) is 0 Å². The quantitative estimate of drug-likeness (QED) is 0.405. The summed E-state index contributed by atoms with van der Waals surface area (Å²) in [6.45, 7) is 0. The van der Waals surface area contributed by atoms with Crippen molar-refractivity contribution in [3.63, 3.8) is 0 Å². The monoisotopic (exact) mass is 345 g/mol. The number of ketones is 1. The first-order valence-corrected chi connectivity index (χ1v) is 7.69. The molecule has 3 aromatic rings. The third kappa shape index (κ3) is 3.82. The first kappa shape index (κ1) is 17.1. The van der Waals surface area contributed by atoms with E-state index in [0.717, 1.165) is 0 Å². The maximum Gasteiger partial charge on any atom is 0.343 e. The SMILES string of the molecule is N#Cc1ccc(C(=O)Oc2ccc(C(=O)c3ccc(F)cc3)cc2)cc1. The van der Waals surface area contributed by atoms with Gasteiger partial charge in [0.2, 0.25) is 0 Å². The van der Waals surface area contributed by atoms with Gasteiger partial charge in [-0.15, -0.1) is 0 Å². The van der Waals surface area contributed by atoms with Crippen LogP contribution in [0.4, 0.5) is 4.39 Å². The van der Waals surface area contributed by atoms with Crippen LogP contribution < -0.4 is 4.74 Å². The van der Waals surface area contributed by atoms with Gasteiger partial charge in [-0.2, -0.15) is 5.26 Å². The molecular weight excluding hydrogens is 333 g/mol. The zero-order valence-corrected chi connectivity index (χ0v) is 13.5. The number of carbonyl (C=O) groups is 2. The van der Waals surface area contributed by atoms with Crippen molar-refractivity contribution in [3.8, 4) is 11.8 Å². The normalized spacial score (nSPS) is 10.0. The lowest BCUT2D eigenvalue weighted by Gasteiger charge is -2.06. The van der Waals surface area contributed by atoms with Crippen LogP contribution >= 0.6 is 0 Å². The molecular formula is C21H12FNO3. The van der Waals surface area contributed by atoms with Gasteiger partial charge in [0, 0.05) is 11.1 Å². The van der Waals surface area contributed by atoms with Gasteiger partial charge < -0.3 is 4.74 Å². The zero-order chi connectivity index (χ0) is 18.5. The molecule has 5 heteroatoms. The minimum absolute atomic E-state index is 0.255. The van der Waals surface area contributed by atoms with Gasteiger partial charge in [-0.3, -0.25) is 4.79 Å². The Morgan fingerprint density at radius 1 is 0.769 bits per heavy atom. The molecule has 0 aliphatic rings. The second-order valence-corrected chi connectivity index (χ2v) is 5.44. The molecule has 0 fully saturated rings. The van der Waals surface area contributed by atoms with E-state index in [-0.39, 0.29) is 11.5 Å². The second kappa shape index (κ2) is 7.41. The van der Waals surface area contributed by atoms with Gasteiger partial charge >= 0.3 is 5.97 Å². The lowest BCUT2D eigenvalue weighted by atomic mass is 10.0. The molecule has 0 heterocycles. The summed E-state index contributed by atoms with van der Waals surface area (Å²) in [5.74, 6) is -0.941. The number of carbonyl (C=O) groups excluding carboxylic acids is 2. The van der Waals surface area contributed by atoms with Crippen molar-refractivity contribution in [3.05, 3.63) is 101 Å². The maximum atomic E-state index is 12.9.